The summed E-state index contributed by atoms with van der Waals surface area (Å²) in [6.07, 6.45) is 0.961. The Morgan fingerprint density at radius 3 is 2.81 bits per heavy atom. The van der Waals surface area contributed by atoms with Gasteiger partial charge in [0, 0.05) is 5.56 Å². The molecule has 1 aromatic carbocycles. The maximum Gasteiger partial charge on any atom is 0.205 e. The van der Waals surface area contributed by atoms with Crippen molar-refractivity contribution in [3.8, 4) is 6.07 Å². The minimum atomic E-state index is 0.225. The third-order valence-corrected chi connectivity index (χ3v) is 2.86. The second kappa shape index (κ2) is 4.28. The lowest BCUT2D eigenvalue weighted by Gasteiger charge is -2.27. The van der Waals surface area contributed by atoms with Crippen LogP contribution in [0.4, 0.5) is 0 Å². The van der Waals surface area contributed by atoms with Gasteiger partial charge in [-0.3, -0.25) is 0 Å². The second-order valence-corrected chi connectivity index (χ2v) is 3.71. The molecule has 1 heterocycles. The van der Waals surface area contributed by atoms with Crippen LogP contribution < -0.4 is 5.32 Å². The molecular formula is C13H14N2O. The number of fused-ring (bicyclic) bond motifs is 1. The predicted octanol–water partition coefficient (Wildman–Crippen LogP) is 2.58. The number of nitrogens with one attached hydrogen (secondary N) is 1. The zero-order valence-corrected chi connectivity index (χ0v) is 9.45. The first-order valence-corrected chi connectivity index (χ1v) is 5.36. The van der Waals surface area contributed by atoms with Crippen LogP contribution in [0, 0.1) is 11.3 Å². The minimum Gasteiger partial charge on any atom is -0.482 e. The topological polar surface area (TPSA) is 45.0 Å². The summed E-state index contributed by atoms with van der Waals surface area (Å²) in [5.41, 5.74) is 2.73. The highest BCUT2D eigenvalue weighted by Crippen LogP contribution is 2.33. The fourth-order valence-corrected chi connectivity index (χ4v) is 2.05. The summed E-state index contributed by atoms with van der Waals surface area (Å²) in [4.78, 5) is 0. The number of nitriles is 1. The Balaban J connectivity index is 2.60. The largest absolute Gasteiger partial charge is 0.482 e. The quantitative estimate of drug-likeness (QED) is 0.823. The fraction of sp³-hybridized carbons (Fsp3) is 0.308. The van der Waals surface area contributed by atoms with E-state index in [-0.39, 0.29) is 6.04 Å². The van der Waals surface area contributed by atoms with Gasteiger partial charge in [-0.1, -0.05) is 31.2 Å². The van der Waals surface area contributed by atoms with E-state index >= 15 is 0 Å². The van der Waals surface area contributed by atoms with Crippen molar-refractivity contribution in [1.29, 1.82) is 5.26 Å². The van der Waals surface area contributed by atoms with Gasteiger partial charge in [0.15, 0.2) is 0 Å². The van der Waals surface area contributed by atoms with Crippen molar-refractivity contribution in [3.63, 3.8) is 0 Å². The van der Waals surface area contributed by atoms with Crippen LogP contribution in [0.1, 0.15) is 30.5 Å². The SMILES string of the molecule is CCC1NC(OC)=C(C#N)c2ccccc21. The minimum absolute atomic E-state index is 0.225. The standard InChI is InChI=1S/C13H14N2O/c1-3-12-10-7-5-4-6-9(10)11(8-14)13(15-12)16-2/h4-7,12,15H,3H2,1-2H3. The van der Waals surface area contributed by atoms with Crippen LogP contribution in [0.25, 0.3) is 5.57 Å². The molecule has 0 fully saturated rings. The Bertz CT molecular complexity index is 471. The van der Waals surface area contributed by atoms with E-state index in [9.17, 15) is 5.26 Å². The third kappa shape index (κ3) is 1.53. The molecule has 0 saturated heterocycles. The van der Waals surface area contributed by atoms with Crippen LogP contribution in [0.2, 0.25) is 0 Å². The Morgan fingerprint density at radius 1 is 1.44 bits per heavy atom. The molecule has 1 aromatic rings. The smallest absolute Gasteiger partial charge is 0.205 e. The van der Waals surface area contributed by atoms with Crippen molar-refractivity contribution < 1.29 is 4.74 Å². The molecule has 2 rings (SSSR count). The molecule has 16 heavy (non-hydrogen) atoms. The van der Waals surface area contributed by atoms with Crippen LogP contribution >= 0.6 is 0 Å². The zero-order chi connectivity index (χ0) is 11.5. The molecule has 0 aromatic heterocycles. The van der Waals surface area contributed by atoms with Gasteiger partial charge >= 0.3 is 0 Å². The van der Waals surface area contributed by atoms with E-state index in [1.807, 2.05) is 18.2 Å². The number of nitrogens with zero attached hydrogens (tertiary/aromatic N) is 1. The number of methoxy groups -OCH3 is 1. The summed E-state index contributed by atoms with van der Waals surface area (Å²) >= 11 is 0. The Hall–Kier alpha value is -1.95. The van der Waals surface area contributed by atoms with Gasteiger partial charge in [0.2, 0.25) is 5.88 Å². The number of benzene rings is 1. The molecule has 1 unspecified atom stereocenters. The van der Waals surface area contributed by atoms with E-state index in [0.717, 1.165) is 12.0 Å². The number of hydrogen-bond acceptors (Lipinski definition) is 3. The van der Waals surface area contributed by atoms with Gasteiger partial charge in [-0.2, -0.15) is 5.26 Å². The van der Waals surface area contributed by atoms with Gasteiger partial charge in [-0.05, 0) is 12.0 Å². The van der Waals surface area contributed by atoms with E-state index in [2.05, 4.69) is 24.4 Å². The number of hydrogen-bond donors (Lipinski definition) is 1. The first kappa shape index (κ1) is 10.6. The summed E-state index contributed by atoms with van der Waals surface area (Å²) in [6, 6.07) is 10.4. The maximum absolute atomic E-state index is 9.17. The molecule has 0 aliphatic carbocycles. The molecule has 3 nitrogen and oxygen atoms in total. The lowest BCUT2D eigenvalue weighted by atomic mass is 9.91. The highest BCUT2D eigenvalue weighted by Gasteiger charge is 2.25. The Morgan fingerprint density at radius 2 is 2.19 bits per heavy atom. The van der Waals surface area contributed by atoms with Crippen LogP contribution in [0.5, 0.6) is 0 Å². The summed E-state index contributed by atoms with van der Waals surface area (Å²) in [7, 11) is 1.58. The van der Waals surface area contributed by atoms with E-state index in [4.69, 9.17) is 4.74 Å². The normalized spacial score (nSPS) is 18.4. The summed E-state index contributed by atoms with van der Waals surface area (Å²) in [5.74, 6) is 0.577. The van der Waals surface area contributed by atoms with Crippen LogP contribution in [0.15, 0.2) is 30.1 Å². The molecule has 0 radical (unpaired) electrons. The predicted molar refractivity (Wildman–Crippen MR) is 62.2 cm³/mol. The molecule has 1 aliphatic heterocycles. The average Bonchev–Trinajstić information content (AvgIpc) is 2.36. The van der Waals surface area contributed by atoms with E-state index in [0.29, 0.717) is 11.5 Å². The highest BCUT2D eigenvalue weighted by atomic mass is 16.5. The van der Waals surface area contributed by atoms with E-state index in [1.165, 1.54) is 5.56 Å². The van der Waals surface area contributed by atoms with Gasteiger partial charge in [0.25, 0.3) is 0 Å². The van der Waals surface area contributed by atoms with Gasteiger partial charge in [0.1, 0.15) is 11.6 Å². The number of ether oxygens (including phenoxy) is 1. The van der Waals surface area contributed by atoms with E-state index in [1.54, 1.807) is 7.11 Å². The summed E-state index contributed by atoms with van der Waals surface area (Å²) in [5, 5.41) is 12.4. The Kier molecular flexibility index (Phi) is 2.82. The lowest BCUT2D eigenvalue weighted by molar-refractivity contribution is 0.248. The molecule has 1 N–H and O–H groups in total. The van der Waals surface area contributed by atoms with Gasteiger partial charge in [-0.25, -0.2) is 0 Å². The molecule has 1 aliphatic rings. The molecule has 0 amide bonds. The number of rotatable bonds is 2. The molecule has 0 spiro atoms. The second-order valence-electron chi connectivity index (χ2n) is 3.71. The van der Waals surface area contributed by atoms with Crippen molar-refractivity contribution >= 4 is 5.57 Å². The van der Waals surface area contributed by atoms with Crippen molar-refractivity contribution in [3.05, 3.63) is 41.3 Å². The Labute approximate surface area is 95.3 Å². The van der Waals surface area contributed by atoms with Gasteiger partial charge in [-0.15, -0.1) is 0 Å². The summed E-state index contributed by atoms with van der Waals surface area (Å²) < 4.78 is 5.23. The molecule has 0 bridgehead atoms. The first-order chi connectivity index (χ1) is 7.81. The fourth-order valence-electron chi connectivity index (χ4n) is 2.05. The van der Waals surface area contributed by atoms with Crippen LogP contribution in [0.3, 0.4) is 0 Å². The summed E-state index contributed by atoms with van der Waals surface area (Å²) in [6.45, 7) is 2.11. The zero-order valence-electron chi connectivity index (χ0n) is 9.45. The average molecular weight is 214 g/mol. The third-order valence-electron chi connectivity index (χ3n) is 2.86. The molecule has 3 heteroatoms. The molecule has 82 valence electrons. The van der Waals surface area contributed by atoms with Gasteiger partial charge in [0.05, 0.1) is 13.2 Å². The van der Waals surface area contributed by atoms with Crippen molar-refractivity contribution in [2.75, 3.05) is 7.11 Å². The van der Waals surface area contributed by atoms with Crippen LogP contribution in [-0.2, 0) is 4.74 Å². The first-order valence-electron chi connectivity index (χ1n) is 5.36. The van der Waals surface area contributed by atoms with E-state index < -0.39 is 0 Å². The maximum atomic E-state index is 9.17. The lowest BCUT2D eigenvalue weighted by Crippen LogP contribution is -2.27. The number of allylic oxidation sites excluding steroid dienone is 1. The van der Waals surface area contributed by atoms with Crippen LogP contribution in [-0.4, -0.2) is 7.11 Å². The monoisotopic (exact) mass is 214 g/mol. The molecule has 1 atom stereocenters. The highest BCUT2D eigenvalue weighted by molar-refractivity contribution is 5.81. The molecule has 0 saturated carbocycles. The van der Waals surface area contributed by atoms with Crippen molar-refractivity contribution in [2.24, 2.45) is 0 Å². The van der Waals surface area contributed by atoms with Gasteiger partial charge < -0.3 is 10.1 Å². The van der Waals surface area contributed by atoms with Crippen molar-refractivity contribution in [2.45, 2.75) is 19.4 Å². The molecular weight excluding hydrogens is 200 g/mol. The van der Waals surface area contributed by atoms with Crippen molar-refractivity contribution in [1.82, 2.24) is 5.32 Å².